The van der Waals surface area contributed by atoms with Crippen molar-refractivity contribution in [3.63, 3.8) is 0 Å². The van der Waals surface area contributed by atoms with Crippen LogP contribution in [0.3, 0.4) is 0 Å². The van der Waals surface area contributed by atoms with Gasteiger partial charge in [0.2, 0.25) is 0 Å². The van der Waals surface area contributed by atoms with Crippen molar-refractivity contribution in [1.29, 1.82) is 0 Å². The Morgan fingerprint density at radius 2 is 1.52 bits per heavy atom. The van der Waals surface area contributed by atoms with E-state index in [1.165, 1.54) is 20.8 Å². The minimum absolute atomic E-state index is 0.101. The van der Waals surface area contributed by atoms with E-state index in [-0.39, 0.29) is 24.7 Å². The maximum atomic E-state index is 13.1. The lowest BCUT2D eigenvalue weighted by molar-refractivity contribution is -0.198. The number of ether oxygens (including phenoxy) is 4. The summed E-state index contributed by atoms with van der Waals surface area (Å²) in [6, 6.07) is 0. The zero-order valence-electron chi connectivity index (χ0n) is 25.4. The minimum atomic E-state index is -1.01. The zero-order valence-corrected chi connectivity index (χ0v) is 25.4. The van der Waals surface area contributed by atoms with Gasteiger partial charge in [0.25, 0.3) is 0 Å². The molecule has 3 aliphatic carbocycles. The first-order valence-corrected chi connectivity index (χ1v) is 14.2. The van der Waals surface area contributed by atoms with E-state index < -0.39 is 71.1 Å². The van der Waals surface area contributed by atoms with Crippen LogP contribution in [0.5, 0.6) is 0 Å². The first kappa shape index (κ1) is 31.8. The van der Waals surface area contributed by atoms with E-state index in [0.29, 0.717) is 18.4 Å². The monoisotopic (exact) mass is 562 g/mol. The first-order valence-electron chi connectivity index (χ1n) is 14.2. The van der Waals surface area contributed by atoms with Crippen LogP contribution in [-0.2, 0) is 38.1 Å². The van der Waals surface area contributed by atoms with Crippen LogP contribution in [0.2, 0.25) is 0 Å². The number of esters is 4. The van der Waals surface area contributed by atoms with E-state index in [2.05, 4.69) is 6.58 Å². The average Bonchev–Trinajstić information content (AvgIpc) is 2.79. The van der Waals surface area contributed by atoms with Crippen LogP contribution in [0.15, 0.2) is 23.3 Å². The number of aliphatic hydroxyl groups is 1. The highest BCUT2D eigenvalue weighted by atomic mass is 16.6. The second-order valence-electron chi connectivity index (χ2n) is 12.7. The molecule has 1 N–H and O–H groups in total. The van der Waals surface area contributed by atoms with Crippen LogP contribution >= 0.6 is 0 Å². The van der Waals surface area contributed by atoms with Crippen LogP contribution in [0.25, 0.3) is 0 Å². The van der Waals surface area contributed by atoms with E-state index >= 15 is 0 Å². The van der Waals surface area contributed by atoms with Crippen LogP contribution < -0.4 is 0 Å². The van der Waals surface area contributed by atoms with Gasteiger partial charge in [-0.3, -0.25) is 19.2 Å². The molecular formula is C31H46O9. The van der Waals surface area contributed by atoms with Gasteiger partial charge in [0, 0.05) is 50.9 Å². The van der Waals surface area contributed by atoms with Crippen molar-refractivity contribution in [2.75, 3.05) is 0 Å². The fourth-order valence-corrected chi connectivity index (χ4v) is 7.56. The van der Waals surface area contributed by atoms with Gasteiger partial charge >= 0.3 is 23.9 Å². The molecular weight excluding hydrogens is 516 g/mol. The van der Waals surface area contributed by atoms with Gasteiger partial charge in [-0.1, -0.05) is 46.8 Å². The number of fused-ring (bicyclic) bond motifs is 3. The van der Waals surface area contributed by atoms with Crippen molar-refractivity contribution in [3.8, 4) is 0 Å². The van der Waals surface area contributed by atoms with Crippen LogP contribution in [-0.4, -0.2) is 59.5 Å². The normalized spacial score (nSPS) is 35.9. The Balaban J connectivity index is 2.32. The molecule has 0 aromatic heterocycles. The Morgan fingerprint density at radius 1 is 0.975 bits per heavy atom. The first-order chi connectivity index (χ1) is 18.4. The number of carbonyl (C=O) groups is 4. The van der Waals surface area contributed by atoms with E-state index in [9.17, 15) is 24.3 Å². The number of hydrogen-bond donors (Lipinski definition) is 1. The molecule has 1 unspecified atom stereocenters. The van der Waals surface area contributed by atoms with Gasteiger partial charge in [0.1, 0.15) is 24.4 Å². The lowest BCUT2D eigenvalue weighted by atomic mass is 9.49. The van der Waals surface area contributed by atoms with Crippen LogP contribution in [0.4, 0.5) is 0 Å². The summed E-state index contributed by atoms with van der Waals surface area (Å²) in [5, 5.41) is 11.6. The van der Waals surface area contributed by atoms with Gasteiger partial charge in [-0.05, 0) is 36.3 Å². The van der Waals surface area contributed by atoms with Gasteiger partial charge in [0.05, 0.1) is 12.0 Å². The van der Waals surface area contributed by atoms with Gasteiger partial charge in [-0.25, -0.2) is 0 Å². The third-order valence-electron chi connectivity index (χ3n) is 9.45. The summed E-state index contributed by atoms with van der Waals surface area (Å²) in [5.74, 6) is -3.45. The Hall–Kier alpha value is -2.68. The largest absolute Gasteiger partial charge is 0.461 e. The summed E-state index contributed by atoms with van der Waals surface area (Å²) >= 11 is 0. The van der Waals surface area contributed by atoms with E-state index in [1.54, 1.807) is 0 Å². The summed E-state index contributed by atoms with van der Waals surface area (Å²) in [4.78, 5) is 50.2. The molecule has 0 aromatic carbocycles. The lowest BCUT2D eigenvalue weighted by Gasteiger charge is -2.59. The lowest BCUT2D eigenvalue weighted by Crippen LogP contribution is -2.63. The fraction of sp³-hybridized carbons (Fsp3) is 0.742. The summed E-state index contributed by atoms with van der Waals surface area (Å²) < 4.78 is 23.8. The zero-order chi connectivity index (χ0) is 30.3. The van der Waals surface area contributed by atoms with Gasteiger partial charge in [-0.15, -0.1) is 0 Å². The van der Waals surface area contributed by atoms with Crippen molar-refractivity contribution < 1.29 is 43.2 Å². The smallest absolute Gasteiger partial charge is 0.308 e. The average molecular weight is 563 g/mol. The number of hydrogen-bond acceptors (Lipinski definition) is 9. The van der Waals surface area contributed by atoms with Gasteiger partial charge in [-0.2, -0.15) is 0 Å². The fourth-order valence-electron chi connectivity index (χ4n) is 7.56. The minimum Gasteiger partial charge on any atom is -0.461 e. The van der Waals surface area contributed by atoms with Gasteiger partial charge < -0.3 is 24.1 Å². The molecule has 2 saturated carbocycles. The summed E-state index contributed by atoms with van der Waals surface area (Å²) in [7, 11) is 0. The number of aliphatic hydroxyl groups excluding tert-OH is 1. The van der Waals surface area contributed by atoms with Crippen molar-refractivity contribution in [1.82, 2.24) is 0 Å². The number of rotatable bonds is 6. The molecule has 0 heterocycles. The molecule has 224 valence electrons. The van der Waals surface area contributed by atoms with Crippen molar-refractivity contribution in [3.05, 3.63) is 23.3 Å². The highest BCUT2D eigenvalue weighted by Gasteiger charge is 2.63. The van der Waals surface area contributed by atoms with Crippen LogP contribution in [0, 0.1) is 28.6 Å². The Labute approximate surface area is 237 Å². The molecule has 0 radical (unpaired) electrons. The summed E-state index contributed by atoms with van der Waals surface area (Å²) in [6.07, 6.45) is -2.72. The highest BCUT2D eigenvalue weighted by Crippen LogP contribution is 2.60. The summed E-state index contributed by atoms with van der Waals surface area (Å²) in [5.41, 5.74) is 0.564. The second kappa shape index (κ2) is 11.7. The maximum absolute atomic E-state index is 13.1. The van der Waals surface area contributed by atoms with E-state index in [1.807, 2.05) is 41.5 Å². The van der Waals surface area contributed by atoms with E-state index in [0.717, 1.165) is 11.1 Å². The van der Waals surface area contributed by atoms with E-state index in [4.69, 9.17) is 18.9 Å². The van der Waals surface area contributed by atoms with Gasteiger partial charge in [0.15, 0.2) is 0 Å². The van der Waals surface area contributed by atoms with Crippen molar-refractivity contribution in [2.24, 2.45) is 28.6 Å². The Kier molecular flexibility index (Phi) is 9.29. The molecule has 9 atom stereocenters. The topological polar surface area (TPSA) is 125 Å². The predicted molar refractivity (Wildman–Crippen MR) is 147 cm³/mol. The molecule has 2 fully saturated rings. The molecule has 0 aromatic rings. The molecule has 2 bridgehead atoms. The second-order valence-corrected chi connectivity index (χ2v) is 12.7. The molecule has 3 aliphatic rings. The molecule has 0 aliphatic heterocycles. The molecule has 0 spiro atoms. The summed E-state index contributed by atoms with van der Waals surface area (Å²) in [6.45, 7) is 19.8. The number of carbonyl (C=O) groups excluding carboxylic acids is 4. The molecule has 9 nitrogen and oxygen atoms in total. The maximum Gasteiger partial charge on any atom is 0.308 e. The molecule has 40 heavy (non-hydrogen) atoms. The standard InChI is InChI=1S/C31H46O9/c1-11-15(2)29(36)40-22-12-16(3)25-23(38-19(6)33)14-31(10)24(35)13-21(37-18(5)32)17(4)26(31)28(39-20(7)34)27(22)30(25,8)9/h15,21-24,26-28,35H,4,11-14H2,1-3,5-10H3/t15?,21-,22-,23-,24-,26-,27-,28-,31+/m0/s1. The molecule has 0 amide bonds. The molecule has 9 heteroatoms. The highest BCUT2D eigenvalue weighted by molar-refractivity contribution is 5.72. The predicted octanol–water partition coefficient (Wildman–Crippen LogP) is 4.45. The SMILES string of the molecule is C=C1[C@@H](OC(C)=O)C[C@H](O)[C@@]2(C)C[C@H](OC(C)=O)C3=C(C)C[C@H](OC(=O)C(C)CC)[C@@H]([C@@H](OC(C)=O)[C@H]12)C3(C)C. The van der Waals surface area contributed by atoms with Crippen molar-refractivity contribution in [2.45, 2.75) is 119 Å². The third kappa shape index (κ3) is 5.85. The van der Waals surface area contributed by atoms with Crippen LogP contribution in [0.1, 0.15) is 88.0 Å². The Bertz CT molecular complexity index is 1090. The third-order valence-corrected chi connectivity index (χ3v) is 9.45. The molecule has 3 rings (SSSR count). The van der Waals surface area contributed by atoms with Crippen molar-refractivity contribution >= 4 is 23.9 Å². The quantitative estimate of drug-likeness (QED) is 0.284. The Morgan fingerprint density at radius 3 is 2.05 bits per heavy atom. The molecule has 0 saturated heterocycles.